The fourth-order valence-electron chi connectivity index (χ4n) is 4.66. The third-order valence-corrected chi connectivity index (χ3v) is 7.23. The van der Waals surface area contributed by atoms with E-state index in [9.17, 15) is 10.1 Å². The van der Waals surface area contributed by atoms with Crippen LogP contribution in [0.5, 0.6) is 0 Å². The number of rotatable bonds is 2. The molecule has 1 N–H and O–H groups in total. The Morgan fingerprint density at radius 1 is 1.17 bits per heavy atom. The molecule has 1 saturated heterocycles. The number of H-pyrrole nitrogens is 1. The van der Waals surface area contributed by atoms with E-state index in [1.54, 1.807) is 6.07 Å². The highest BCUT2D eigenvalue weighted by atomic mass is 32.2. The Bertz CT molecular complexity index is 1180. The van der Waals surface area contributed by atoms with E-state index < -0.39 is 0 Å². The van der Waals surface area contributed by atoms with Gasteiger partial charge in [0.15, 0.2) is 5.78 Å². The van der Waals surface area contributed by atoms with Crippen LogP contribution in [0.3, 0.4) is 0 Å². The van der Waals surface area contributed by atoms with E-state index in [4.69, 9.17) is 0 Å². The van der Waals surface area contributed by atoms with Crippen molar-refractivity contribution in [3.05, 3.63) is 69.9 Å². The number of carbonyl (C=O) groups excluding carboxylic acids is 1. The summed E-state index contributed by atoms with van der Waals surface area (Å²) in [6.45, 7) is 7.54. The zero-order valence-corrected chi connectivity index (χ0v) is 17.5. The summed E-state index contributed by atoms with van der Waals surface area (Å²) in [5, 5.41) is 10.1. The Balaban J connectivity index is 1.60. The Morgan fingerprint density at radius 2 is 1.97 bits per heavy atom. The van der Waals surface area contributed by atoms with E-state index in [1.165, 1.54) is 17.1 Å². The Labute approximate surface area is 174 Å². The maximum absolute atomic E-state index is 13.4. The van der Waals surface area contributed by atoms with Crippen molar-refractivity contribution >= 4 is 28.4 Å². The number of fused-ring (bicyclic) bond motifs is 4. The van der Waals surface area contributed by atoms with Crippen LogP contribution in [0.2, 0.25) is 0 Å². The van der Waals surface area contributed by atoms with Gasteiger partial charge in [0.25, 0.3) is 0 Å². The topological polar surface area (TPSA) is 59.9 Å². The highest BCUT2D eigenvalue weighted by Gasteiger charge is 2.39. The summed E-state index contributed by atoms with van der Waals surface area (Å²) in [6, 6.07) is 14.0. The summed E-state index contributed by atoms with van der Waals surface area (Å²) in [5.74, 6) is 2.46. The normalized spacial score (nSPS) is 18.3. The first-order valence-electron chi connectivity index (χ1n) is 10.0. The van der Waals surface area contributed by atoms with E-state index >= 15 is 0 Å². The highest BCUT2D eigenvalue weighted by Crippen LogP contribution is 2.44. The van der Waals surface area contributed by atoms with Crippen molar-refractivity contribution < 1.29 is 4.79 Å². The van der Waals surface area contributed by atoms with Crippen molar-refractivity contribution in [2.75, 3.05) is 24.6 Å². The Morgan fingerprint density at radius 3 is 2.72 bits per heavy atom. The van der Waals surface area contributed by atoms with Gasteiger partial charge in [-0.2, -0.15) is 17.0 Å². The quantitative estimate of drug-likeness (QED) is 0.689. The van der Waals surface area contributed by atoms with Crippen molar-refractivity contribution in [3.8, 4) is 6.07 Å². The fraction of sp³-hybridized carbons (Fsp3) is 0.333. The van der Waals surface area contributed by atoms with Crippen molar-refractivity contribution in [2.45, 2.75) is 25.8 Å². The van der Waals surface area contributed by atoms with E-state index in [-0.39, 0.29) is 11.2 Å². The van der Waals surface area contributed by atoms with Gasteiger partial charge < -0.3 is 4.98 Å². The van der Waals surface area contributed by atoms with Gasteiger partial charge >= 0.3 is 0 Å². The van der Waals surface area contributed by atoms with Gasteiger partial charge in [0, 0.05) is 58.7 Å². The molecule has 0 amide bonds. The van der Waals surface area contributed by atoms with Gasteiger partial charge in [-0.3, -0.25) is 9.69 Å². The number of aromatic amines is 1. The second kappa shape index (κ2) is 6.76. The van der Waals surface area contributed by atoms with Crippen LogP contribution in [0.1, 0.15) is 52.2 Å². The molecule has 5 heteroatoms. The van der Waals surface area contributed by atoms with Crippen molar-refractivity contribution in [3.63, 3.8) is 0 Å². The van der Waals surface area contributed by atoms with Gasteiger partial charge in [-0.05, 0) is 23.3 Å². The van der Waals surface area contributed by atoms with Crippen LogP contribution in [0.4, 0.5) is 0 Å². The Hall–Kier alpha value is -2.55. The predicted octanol–water partition coefficient (Wildman–Crippen LogP) is 4.46. The van der Waals surface area contributed by atoms with Crippen molar-refractivity contribution in [2.24, 2.45) is 0 Å². The van der Waals surface area contributed by atoms with Crippen LogP contribution in [-0.2, 0) is 12.0 Å². The molecule has 29 heavy (non-hydrogen) atoms. The first-order valence-corrected chi connectivity index (χ1v) is 11.2. The first kappa shape index (κ1) is 18.5. The number of thioether (sulfide) groups is 1. The van der Waals surface area contributed by atoms with E-state index in [1.807, 2.05) is 30.0 Å². The molecule has 146 valence electrons. The molecule has 0 unspecified atom stereocenters. The van der Waals surface area contributed by atoms with Gasteiger partial charge in [-0.15, -0.1) is 0 Å². The summed E-state index contributed by atoms with van der Waals surface area (Å²) >= 11 is 2.02. The van der Waals surface area contributed by atoms with E-state index in [0.717, 1.165) is 52.9 Å². The number of aromatic nitrogens is 1. The zero-order valence-electron chi connectivity index (χ0n) is 16.7. The molecule has 0 radical (unpaired) electrons. The van der Waals surface area contributed by atoms with Crippen LogP contribution in [0, 0.1) is 11.3 Å². The molecular formula is C24H23N3OS. The number of ketones is 1. The minimum absolute atomic E-state index is 0.0752. The summed E-state index contributed by atoms with van der Waals surface area (Å²) < 4.78 is 0. The average Bonchev–Trinajstić information content (AvgIpc) is 3.13. The second-order valence-electron chi connectivity index (χ2n) is 8.47. The Kier molecular flexibility index (Phi) is 4.31. The van der Waals surface area contributed by atoms with Crippen LogP contribution < -0.4 is 0 Å². The van der Waals surface area contributed by atoms with Crippen LogP contribution in [0.15, 0.2) is 36.4 Å². The lowest BCUT2D eigenvalue weighted by atomic mass is 9.71. The molecule has 0 saturated carbocycles. The van der Waals surface area contributed by atoms with E-state index in [2.05, 4.69) is 41.9 Å². The second-order valence-corrected chi connectivity index (χ2v) is 9.69. The largest absolute Gasteiger partial charge is 0.357 e. The minimum atomic E-state index is -0.307. The lowest BCUT2D eigenvalue weighted by Gasteiger charge is -2.33. The fourth-order valence-corrected chi connectivity index (χ4v) is 5.64. The number of benzene rings is 2. The third kappa shape index (κ3) is 2.90. The SMILES string of the molecule is CC1(C)c2cc(CN3CCSCC3)ccc2C(=O)c2c1[nH]c1cc(C#N)ccc21. The molecule has 4 nitrogen and oxygen atoms in total. The molecule has 0 spiro atoms. The van der Waals surface area contributed by atoms with Gasteiger partial charge in [0.1, 0.15) is 0 Å². The van der Waals surface area contributed by atoms with Crippen molar-refractivity contribution in [1.82, 2.24) is 9.88 Å². The molecule has 3 aromatic rings. The molecule has 1 aromatic heterocycles. The van der Waals surface area contributed by atoms with Gasteiger partial charge in [0.2, 0.25) is 0 Å². The minimum Gasteiger partial charge on any atom is -0.357 e. The maximum Gasteiger partial charge on any atom is 0.195 e. The molecule has 0 bridgehead atoms. The molecule has 5 rings (SSSR count). The van der Waals surface area contributed by atoms with Crippen molar-refractivity contribution in [1.29, 1.82) is 5.26 Å². The summed E-state index contributed by atoms with van der Waals surface area (Å²) in [4.78, 5) is 19.4. The van der Waals surface area contributed by atoms with Gasteiger partial charge in [0.05, 0.1) is 17.2 Å². The summed E-state index contributed by atoms with van der Waals surface area (Å²) in [6.07, 6.45) is 0. The molecule has 2 aliphatic rings. The number of nitrogens with zero attached hydrogens (tertiary/aromatic N) is 2. The molecule has 2 aromatic carbocycles. The highest BCUT2D eigenvalue weighted by molar-refractivity contribution is 7.99. The molecule has 2 heterocycles. The number of nitrogens with one attached hydrogen (secondary N) is 1. The number of nitriles is 1. The number of hydrogen-bond donors (Lipinski definition) is 1. The molecular weight excluding hydrogens is 378 g/mol. The number of carbonyl (C=O) groups is 1. The zero-order chi connectivity index (χ0) is 20.2. The molecule has 0 atom stereocenters. The summed E-state index contributed by atoms with van der Waals surface area (Å²) in [5.41, 5.74) is 6.00. The van der Waals surface area contributed by atoms with Gasteiger partial charge in [-0.1, -0.05) is 38.1 Å². The van der Waals surface area contributed by atoms with Crippen LogP contribution >= 0.6 is 11.8 Å². The average molecular weight is 402 g/mol. The lowest BCUT2D eigenvalue weighted by molar-refractivity contribution is 0.103. The lowest BCUT2D eigenvalue weighted by Crippen LogP contribution is -2.33. The molecule has 1 fully saturated rings. The summed E-state index contributed by atoms with van der Waals surface area (Å²) in [7, 11) is 0. The smallest absolute Gasteiger partial charge is 0.195 e. The van der Waals surface area contributed by atoms with Gasteiger partial charge in [-0.25, -0.2) is 0 Å². The van der Waals surface area contributed by atoms with E-state index in [0.29, 0.717) is 5.56 Å². The molecule has 1 aliphatic carbocycles. The maximum atomic E-state index is 13.4. The first-order chi connectivity index (χ1) is 14.0. The monoisotopic (exact) mass is 401 g/mol. The third-order valence-electron chi connectivity index (χ3n) is 6.29. The predicted molar refractivity (Wildman–Crippen MR) is 118 cm³/mol. The standard InChI is InChI=1S/C24H23N3OS/c1-24(2)19-11-16(14-27-7-9-29-10-8-27)4-5-17(19)22(28)21-18-6-3-15(13-25)12-20(18)26-23(21)24/h3-6,11-12,26H,7-10,14H2,1-2H3. The molecule has 1 aliphatic heterocycles. The number of hydrogen-bond acceptors (Lipinski definition) is 4. The van der Waals surface area contributed by atoms with Crippen LogP contribution in [-0.4, -0.2) is 40.3 Å². The van der Waals surface area contributed by atoms with Crippen LogP contribution in [0.25, 0.3) is 10.9 Å².